The first kappa shape index (κ1) is 18.6. The van der Waals surface area contributed by atoms with Gasteiger partial charge in [0.05, 0.1) is 5.56 Å². The van der Waals surface area contributed by atoms with E-state index in [-0.39, 0.29) is 5.91 Å². The number of nitrogens with one attached hydrogen (secondary N) is 1. The van der Waals surface area contributed by atoms with Crippen LogP contribution in [-0.4, -0.2) is 48.4 Å². The normalized spacial score (nSPS) is 15.5. The summed E-state index contributed by atoms with van der Waals surface area (Å²) in [5.41, 5.74) is 3.20. The van der Waals surface area contributed by atoms with Gasteiger partial charge < -0.3 is 10.2 Å². The zero-order chi connectivity index (χ0) is 18.4. The topological polar surface area (TPSA) is 59.4 Å². The Morgan fingerprint density at radius 1 is 1.23 bits per heavy atom. The quantitative estimate of drug-likeness (QED) is 0.851. The Kier molecular flexibility index (Phi) is 6.40. The number of hydrogen-bond acceptors (Lipinski definition) is 5. The van der Waals surface area contributed by atoms with Crippen molar-refractivity contribution in [1.82, 2.24) is 9.80 Å². The minimum atomic E-state index is -0.0221. The molecule has 1 amide bonds. The first-order valence-electron chi connectivity index (χ1n) is 8.92. The SMILES string of the molecule is Cc1cccc(CN2CCN(CCC(=O)Nc3sccc3C#N)CC2)c1. The predicted molar refractivity (Wildman–Crippen MR) is 105 cm³/mol. The molecule has 0 aliphatic carbocycles. The van der Waals surface area contributed by atoms with Gasteiger partial charge in [0, 0.05) is 45.7 Å². The summed E-state index contributed by atoms with van der Waals surface area (Å²) in [5.74, 6) is -0.0221. The van der Waals surface area contributed by atoms with E-state index in [1.807, 2.05) is 5.38 Å². The number of aryl methyl sites for hydroxylation is 1. The Labute approximate surface area is 158 Å². The van der Waals surface area contributed by atoms with Crippen LogP contribution in [0.2, 0.25) is 0 Å². The number of anilines is 1. The molecule has 2 heterocycles. The zero-order valence-corrected chi connectivity index (χ0v) is 15.9. The van der Waals surface area contributed by atoms with E-state index < -0.39 is 0 Å². The average Bonchev–Trinajstić information content (AvgIpc) is 3.08. The van der Waals surface area contributed by atoms with Crippen LogP contribution in [0, 0.1) is 18.3 Å². The molecule has 1 aliphatic heterocycles. The highest BCUT2D eigenvalue weighted by molar-refractivity contribution is 7.14. The summed E-state index contributed by atoms with van der Waals surface area (Å²) in [7, 11) is 0. The number of benzene rings is 1. The van der Waals surface area contributed by atoms with Crippen molar-refractivity contribution in [3.8, 4) is 6.07 Å². The van der Waals surface area contributed by atoms with E-state index in [0.29, 0.717) is 17.0 Å². The van der Waals surface area contributed by atoms with Gasteiger partial charge in [-0.2, -0.15) is 5.26 Å². The summed E-state index contributed by atoms with van der Waals surface area (Å²) in [6.45, 7) is 7.91. The average molecular weight is 369 g/mol. The van der Waals surface area contributed by atoms with Crippen molar-refractivity contribution in [2.45, 2.75) is 19.9 Å². The summed E-state index contributed by atoms with van der Waals surface area (Å²) >= 11 is 1.39. The van der Waals surface area contributed by atoms with Crippen molar-refractivity contribution in [3.05, 3.63) is 52.4 Å². The molecule has 0 unspecified atom stereocenters. The molecule has 2 aromatic rings. The van der Waals surface area contributed by atoms with E-state index in [0.717, 1.165) is 39.3 Å². The molecule has 1 fully saturated rings. The van der Waals surface area contributed by atoms with E-state index in [1.165, 1.54) is 22.5 Å². The second kappa shape index (κ2) is 8.95. The zero-order valence-electron chi connectivity index (χ0n) is 15.1. The van der Waals surface area contributed by atoms with Gasteiger partial charge in [0.2, 0.25) is 5.91 Å². The first-order valence-corrected chi connectivity index (χ1v) is 9.80. The van der Waals surface area contributed by atoms with Crippen molar-refractivity contribution in [2.75, 3.05) is 38.0 Å². The molecule has 0 saturated carbocycles. The Morgan fingerprint density at radius 3 is 2.73 bits per heavy atom. The fourth-order valence-corrected chi connectivity index (χ4v) is 3.94. The molecule has 5 nitrogen and oxygen atoms in total. The second-order valence-corrected chi connectivity index (χ2v) is 7.60. The second-order valence-electron chi connectivity index (χ2n) is 6.68. The van der Waals surface area contributed by atoms with Crippen molar-refractivity contribution < 1.29 is 4.79 Å². The van der Waals surface area contributed by atoms with Crippen LogP contribution in [0.5, 0.6) is 0 Å². The molecule has 1 aromatic heterocycles. The number of carbonyl (C=O) groups excluding carboxylic acids is 1. The minimum absolute atomic E-state index is 0.0221. The summed E-state index contributed by atoms with van der Waals surface area (Å²) < 4.78 is 0. The summed E-state index contributed by atoms with van der Waals surface area (Å²) in [4.78, 5) is 16.9. The number of rotatable bonds is 6. The maximum atomic E-state index is 12.1. The molecule has 0 bridgehead atoms. The maximum Gasteiger partial charge on any atom is 0.226 e. The molecule has 1 aliphatic rings. The maximum absolute atomic E-state index is 12.1. The minimum Gasteiger partial charge on any atom is -0.317 e. The Hall–Kier alpha value is -2.20. The van der Waals surface area contributed by atoms with Gasteiger partial charge in [-0.15, -0.1) is 11.3 Å². The Balaban J connectivity index is 1.39. The lowest BCUT2D eigenvalue weighted by molar-refractivity contribution is -0.116. The lowest BCUT2D eigenvalue weighted by Crippen LogP contribution is -2.46. The van der Waals surface area contributed by atoms with Crippen molar-refractivity contribution in [1.29, 1.82) is 5.26 Å². The van der Waals surface area contributed by atoms with Gasteiger partial charge in [-0.25, -0.2) is 0 Å². The number of hydrogen-bond donors (Lipinski definition) is 1. The predicted octanol–water partition coefficient (Wildman–Crippen LogP) is 3.07. The third-order valence-corrected chi connectivity index (χ3v) is 5.48. The molecule has 1 N–H and O–H groups in total. The van der Waals surface area contributed by atoms with Crippen LogP contribution in [0.1, 0.15) is 23.1 Å². The van der Waals surface area contributed by atoms with Crippen LogP contribution in [0.25, 0.3) is 0 Å². The van der Waals surface area contributed by atoms with E-state index in [2.05, 4.69) is 52.4 Å². The molecule has 0 atom stereocenters. The summed E-state index contributed by atoms with van der Waals surface area (Å²) in [6.07, 6.45) is 0.459. The van der Waals surface area contributed by atoms with Crippen molar-refractivity contribution in [3.63, 3.8) is 0 Å². The summed E-state index contributed by atoms with van der Waals surface area (Å²) in [5, 5.41) is 14.3. The van der Waals surface area contributed by atoms with E-state index in [4.69, 9.17) is 5.26 Å². The standard InChI is InChI=1S/C20H24N4OS/c1-16-3-2-4-17(13-16)15-24-10-8-23(9-11-24)7-5-19(25)22-20-18(14-21)6-12-26-20/h2-4,6,12-13H,5,7-11,15H2,1H3,(H,22,25). The van der Waals surface area contributed by atoms with Gasteiger partial charge in [-0.05, 0) is 23.9 Å². The smallest absolute Gasteiger partial charge is 0.226 e. The third-order valence-electron chi connectivity index (χ3n) is 4.65. The van der Waals surface area contributed by atoms with Gasteiger partial charge in [0.25, 0.3) is 0 Å². The molecule has 1 aromatic carbocycles. The number of thiophene rings is 1. The first-order chi connectivity index (χ1) is 12.6. The highest BCUT2D eigenvalue weighted by atomic mass is 32.1. The van der Waals surface area contributed by atoms with Crippen molar-refractivity contribution >= 4 is 22.2 Å². The number of nitriles is 1. The van der Waals surface area contributed by atoms with Crippen LogP contribution in [0.3, 0.4) is 0 Å². The number of amides is 1. The van der Waals surface area contributed by atoms with Crippen LogP contribution in [-0.2, 0) is 11.3 Å². The molecule has 136 valence electrons. The van der Waals surface area contributed by atoms with E-state index >= 15 is 0 Å². The monoisotopic (exact) mass is 368 g/mol. The Bertz CT molecular complexity index is 787. The van der Waals surface area contributed by atoms with Crippen LogP contribution in [0.15, 0.2) is 35.7 Å². The van der Waals surface area contributed by atoms with E-state index in [9.17, 15) is 4.79 Å². The number of nitrogens with zero attached hydrogens (tertiary/aromatic N) is 3. The lowest BCUT2D eigenvalue weighted by atomic mass is 10.1. The van der Waals surface area contributed by atoms with E-state index in [1.54, 1.807) is 6.07 Å². The third kappa shape index (κ3) is 5.15. The van der Waals surface area contributed by atoms with Gasteiger partial charge in [-0.3, -0.25) is 9.69 Å². The molecule has 26 heavy (non-hydrogen) atoms. The molecular formula is C20H24N4OS. The van der Waals surface area contributed by atoms with Crippen LogP contribution in [0.4, 0.5) is 5.00 Å². The fraction of sp³-hybridized carbons (Fsp3) is 0.400. The number of carbonyl (C=O) groups is 1. The largest absolute Gasteiger partial charge is 0.317 e. The van der Waals surface area contributed by atoms with Gasteiger partial charge >= 0.3 is 0 Å². The van der Waals surface area contributed by atoms with Crippen LogP contribution >= 0.6 is 11.3 Å². The molecule has 0 radical (unpaired) electrons. The van der Waals surface area contributed by atoms with Gasteiger partial charge in [0.1, 0.15) is 11.1 Å². The lowest BCUT2D eigenvalue weighted by Gasteiger charge is -2.34. The Morgan fingerprint density at radius 2 is 2.00 bits per heavy atom. The molecule has 0 spiro atoms. The highest BCUT2D eigenvalue weighted by Gasteiger charge is 2.18. The van der Waals surface area contributed by atoms with Crippen LogP contribution < -0.4 is 5.32 Å². The summed E-state index contributed by atoms with van der Waals surface area (Å²) in [6, 6.07) is 12.5. The number of piperazine rings is 1. The fourth-order valence-electron chi connectivity index (χ4n) is 3.18. The molecular weight excluding hydrogens is 344 g/mol. The highest BCUT2D eigenvalue weighted by Crippen LogP contribution is 2.22. The molecule has 1 saturated heterocycles. The van der Waals surface area contributed by atoms with Gasteiger partial charge in [0.15, 0.2) is 0 Å². The molecule has 3 rings (SSSR count). The van der Waals surface area contributed by atoms with Crippen molar-refractivity contribution in [2.24, 2.45) is 0 Å². The van der Waals surface area contributed by atoms with Gasteiger partial charge in [-0.1, -0.05) is 29.8 Å². The molecule has 6 heteroatoms.